The van der Waals surface area contributed by atoms with Gasteiger partial charge in [0.15, 0.2) is 0 Å². The summed E-state index contributed by atoms with van der Waals surface area (Å²) >= 11 is 1.61. The molecule has 1 fully saturated rings. The summed E-state index contributed by atoms with van der Waals surface area (Å²) in [5.41, 5.74) is 3.41. The molecule has 1 aliphatic rings. The molecule has 9 nitrogen and oxygen atoms in total. The first-order valence-electron chi connectivity index (χ1n) is 13.0. The van der Waals surface area contributed by atoms with E-state index in [2.05, 4.69) is 17.3 Å². The Labute approximate surface area is 224 Å². The topological polar surface area (TPSA) is 158 Å². The number of nitrogens with zero attached hydrogens (tertiary/aromatic N) is 1. The van der Waals surface area contributed by atoms with Crippen LogP contribution in [0.4, 0.5) is 0 Å². The highest BCUT2D eigenvalue weighted by molar-refractivity contribution is 7.09. The zero-order valence-corrected chi connectivity index (χ0v) is 24.0. The third-order valence-electron chi connectivity index (χ3n) is 7.93. The average Bonchev–Trinajstić information content (AvgIpc) is 3.27. The van der Waals surface area contributed by atoms with Crippen LogP contribution in [0.15, 0.2) is 11.0 Å². The van der Waals surface area contributed by atoms with Gasteiger partial charge in [0.2, 0.25) is 0 Å². The number of aliphatic carboxylic acids is 1. The number of aliphatic hydroxyl groups excluding tert-OH is 2. The van der Waals surface area contributed by atoms with E-state index in [-0.39, 0.29) is 29.4 Å². The molecule has 2 rings (SSSR count). The molecule has 7 unspecified atom stereocenters. The van der Waals surface area contributed by atoms with Crippen LogP contribution in [-0.2, 0) is 14.3 Å². The van der Waals surface area contributed by atoms with Crippen molar-refractivity contribution in [3.05, 3.63) is 21.7 Å². The lowest BCUT2D eigenvalue weighted by atomic mass is 9.73. The van der Waals surface area contributed by atoms with Crippen LogP contribution in [0.3, 0.4) is 0 Å². The summed E-state index contributed by atoms with van der Waals surface area (Å²) in [7, 11) is 0. The lowest BCUT2D eigenvalue weighted by molar-refractivity contribution is -0.147. The van der Waals surface area contributed by atoms with Crippen LogP contribution in [0.5, 0.6) is 0 Å². The van der Waals surface area contributed by atoms with E-state index in [4.69, 9.17) is 15.7 Å². The maximum absolute atomic E-state index is 13.0. The molecule has 210 valence electrons. The van der Waals surface area contributed by atoms with Gasteiger partial charge < -0.3 is 20.1 Å². The zero-order valence-electron chi connectivity index (χ0n) is 23.2. The van der Waals surface area contributed by atoms with Crippen LogP contribution in [0, 0.1) is 24.2 Å². The zero-order chi connectivity index (χ0) is 28.1. The van der Waals surface area contributed by atoms with Gasteiger partial charge in [0, 0.05) is 17.3 Å². The fourth-order valence-corrected chi connectivity index (χ4v) is 5.52. The minimum atomic E-state index is -1.32. The number of carbonyl (C=O) groups excluding carboxylic acids is 1. The second-order valence-corrected chi connectivity index (χ2v) is 12.5. The third-order valence-corrected chi connectivity index (χ3v) is 8.72. The number of aliphatic hydroxyl groups is 2. The Morgan fingerprint density at radius 3 is 2.54 bits per heavy atom. The molecule has 1 aromatic heterocycles. The molecule has 1 saturated heterocycles. The summed E-state index contributed by atoms with van der Waals surface area (Å²) in [5.74, 6) is 3.46. The smallest absolute Gasteiger partial charge is 0.306 e. The minimum absolute atomic E-state index is 0.0266. The predicted molar refractivity (Wildman–Crippen MR) is 145 cm³/mol. The van der Waals surface area contributed by atoms with Crippen molar-refractivity contribution in [2.75, 3.05) is 0 Å². The van der Waals surface area contributed by atoms with Gasteiger partial charge in [-0.15, -0.1) is 11.3 Å². The number of carboxylic acid groups (broad SMARTS) is 1. The molecule has 0 spiro atoms. The minimum Gasteiger partial charge on any atom is -0.481 e. The van der Waals surface area contributed by atoms with Gasteiger partial charge in [-0.2, -0.15) is 0 Å². The number of rotatable bonds is 16. The average molecular weight is 540 g/mol. The number of hydrazine groups is 1. The van der Waals surface area contributed by atoms with E-state index in [1.165, 1.54) is 13.8 Å². The SMILES string of the molecule is CC(=Cc1csc(C)n1)C(CC1OC1(C)CCCC(C)C(O)C(C)C(=O)C(C)(C)C(O)CC(=O)O)NN. The molecule has 0 bridgehead atoms. The van der Waals surface area contributed by atoms with Crippen LogP contribution in [0.1, 0.15) is 84.3 Å². The van der Waals surface area contributed by atoms with E-state index in [9.17, 15) is 19.8 Å². The van der Waals surface area contributed by atoms with Crippen LogP contribution in [0.25, 0.3) is 6.08 Å². The summed E-state index contributed by atoms with van der Waals surface area (Å²) in [6.45, 7) is 12.7. The summed E-state index contributed by atoms with van der Waals surface area (Å²) in [6, 6.07) is -0.0266. The van der Waals surface area contributed by atoms with Gasteiger partial charge in [0.1, 0.15) is 5.78 Å². The van der Waals surface area contributed by atoms with Crippen molar-refractivity contribution in [3.8, 4) is 0 Å². The molecular formula is C27H45N3O6S. The largest absolute Gasteiger partial charge is 0.481 e. The van der Waals surface area contributed by atoms with E-state index in [0.29, 0.717) is 6.42 Å². The molecule has 0 saturated carbocycles. The highest BCUT2D eigenvalue weighted by Gasteiger charge is 2.52. The Bertz CT molecular complexity index is 964. The van der Waals surface area contributed by atoms with Crippen molar-refractivity contribution < 1.29 is 29.6 Å². The standard InChI is InChI=1S/C27H45N3O6S/c1-15(24(34)17(3)25(35)26(5,6)21(31)13-23(32)33)9-8-10-27(7)22(36-27)12-20(30-28)16(2)11-19-14-37-18(4)29-19/h11,14-15,17,20-22,24,30-31,34H,8-10,12-13,28H2,1-7H3,(H,32,33). The van der Waals surface area contributed by atoms with Gasteiger partial charge in [-0.3, -0.25) is 20.9 Å². The monoisotopic (exact) mass is 539 g/mol. The number of Topliss-reactive ketones (excluding diaryl/α,β-unsaturated/α-hetero) is 1. The first kappa shape index (κ1) is 31.5. The number of carboxylic acids is 1. The Balaban J connectivity index is 1.84. The van der Waals surface area contributed by atoms with Crippen molar-refractivity contribution in [3.63, 3.8) is 0 Å². The van der Waals surface area contributed by atoms with Gasteiger partial charge in [0.05, 0.1) is 46.5 Å². The summed E-state index contributed by atoms with van der Waals surface area (Å²) in [6.07, 6.45) is 2.50. The summed E-state index contributed by atoms with van der Waals surface area (Å²) < 4.78 is 6.04. The van der Waals surface area contributed by atoms with E-state index < -0.39 is 35.9 Å². The molecule has 0 radical (unpaired) electrons. The molecule has 10 heteroatoms. The molecule has 0 amide bonds. The highest BCUT2D eigenvalue weighted by Crippen LogP contribution is 2.44. The number of ketones is 1. The van der Waals surface area contributed by atoms with Crippen molar-refractivity contribution >= 4 is 29.2 Å². The number of aryl methyl sites for hydroxylation is 1. The first-order chi connectivity index (χ1) is 17.1. The second kappa shape index (κ2) is 12.9. The number of thiazole rings is 1. The summed E-state index contributed by atoms with van der Waals surface area (Å²) in [4.78, 5) is 28.4. The normalized spacial score (nSPS) is 24.3. The predicted octanol–water partition coefficient (Wildman–Crippen LogP) is 3.47. The van der Waals surface area contributed by atoms with Crippen molar-refractivity contribution in [1.82, 2.24) is 10.4 Å². The quantitative estimate of drug-likeness (QED) is 0.120. The Kier molecular flexibility index (Phi) is 11.0. The number of nitrogens with one attached hydrogen (secondary N) is 1. The number of aromatic nitrogens is 1. The maximum Gasteiger partial charge on any atom is 0.306 e. The molecular weight excluding hydrogens is 494 g/mol. The van der Waals surface area contributed by atoms with Gasteiger partial charge in [-0.05, 0) is 52.0 Å². The number of nitrogens with two attached hydrogens (primary N) is 1. The molecule has 2 heterocycles. The Hall–Kier alpha value is -1.69. The van der Waals surface area contributed by atoms with Crippen molar-refractivity contribution in [2.24, 2.45) is 23.1 Å². The van der Waals surface area contributed by atoms with Gasteiger partial charge in [-0.25, -0.2) is 4.98 Å². The fourth-order valence-electron chi connectivity index (χ4n) is 4.95. The van der Waals surface area contributed by atoms with Crippen LogP contribution in [0.2, 0.25) is 0 Å². The molecule has 0 aliphatic carbocycles. The van der Waals surface area contributed by atoms with E-state index in [1.54, 1.807) is 18.3 Å². The maximum atomic E-state index is 13.0. The van der Waals surface area contributed by atoms with Crippen molar-refractivity contribution in [1.29, 1.82) is 0 Å². The molecule has 37 heavy (non-hydrogen) atoms. The van der Waals surface area contributed by atoms with Crippen LogP contribution < -0.4 is 11.3 Å². The lowest BCUT2D eigenvalue weighted by Gasteiger charge is -2.34. The van der Waals surface area contributed by atoms with E-state index >= 15 is 0 Å². The number of carbonyl (C=O) groups is 2. The summed E-state index contributed by atoms with van der Waals surface area (Å²) in [5, 5.41) is 33.1. The molecule has 7 atom stereocenters. The van der Waals surface area contributed by atoms with Gasteiger partial charge in [0.25, 0.3) is 0 Å². The van der Waals surface area contributed by atoms with Gasteiger partial charge in [-0.1, -0.05) is 39.7 Å². The number of ether oxygens (including phenoxy) is 1. The first-order valence-corrected chi connectivity index (χ1v) is 13.9. The number of hydrogen-bond donors (Lipinski definition) is 5. The number of epoxide rings is 1. The highest BCUT2D eigenvalue weighted by atomic mass is 32.1. The third kappa shape index (κ3) is 8.40. The lowest BCUT2D eigenvalue weighted by Crippen LogP contribution is -2.45. The second-order valence-electron chi connectivity index (χ2n) is 11.4. The Morgan fingerprint density at radius 2 is 2.00 bits per heavy atom. The van der Waals surface area contributed by atoms with E-state index in [0.717, 1.165) is 35.5 Å². The molecule has 0 aromatic carbocycles. The molecule has 1 aromatic rings. The molecule has 6 N–H and O–H groups in total. The molecule has 1 aliphatic heterocycles. The van der Waals surface area contributed by atoms with Crippen molar-refractivity contribution in [2.45, 2.75) is 111 Å². The fraction of sp³-hybridized carbons (Fsp3) is 0.741. The van der Waals surface area contributed by atoms with E-state index in [1.807, 2.05) is 32.2 Å². The van der Waals surface area contributed by atoms with Crippen LogP contribution >= 0.6 is 11.3 Å². The Morgan fingerprint density at radius 1 is 1.35 bits per heavy atom. The van der Waals surface area contributed by atoms with Crippen LogP contribution in [-0.4, -0.2) is 62.0 Å². The van der Waals surface area contributed by atoms with Gasteiger partial charge >= 0.3 is 5.97 Å². The number of hydrogen-bond acceptors (Lipinski definition) is 9.